The Kier molecular flexibility index (Phi) is 5.03. The average Bonchev–Trinajstić information content (AvgIpc) is 3.36. The van der Waals surface area contributed by atoms with E-state index >= 15 is 0 Å². The summed E-state index contributed by atoms with van der Waals surface area (Å²) < 4.78 is 0. The fourth-order valence-electron chi connectivity index (χ4n) is 3.59. The first-order valence-electron chi connectivity index (χ1n) is 9.61. The number of hydrogen-bond acceptors (Lipinski definition) is 4. The molecule has 0 fully saturated rings. The zero-order valence-corrected chi connectivity index (χ0v) is 16.1. The van der Waals surface area contributed by atoms with Gasteiger partial charge in [0, 0.05) is 11.9 Å². The van der Waals surface area contributed by atoms with Crippen LogP contribution in [0.4, 0.5) is 5.82 Å². The van der Waals surface area contributed by atoms with E-state index in [0.717, 1.165) is 35.2 Å². The van der Waals surface area contributed by atoms with E-state index in [4.69, 9.17) is 5.73 Å². The maximum Gasteiger partial charge on any atom is 0.268 e. The molecule has 148 valence electrons. The molecule has 1 aliphatic rings. The van der Waals surface area contributed by atoms with Crippen LogP contribution in [0, 0.1) is 0 Å². The number of nitrogens with two attached hydrogens (primary N) is 1. The fraction of sp³-hybridized carbons (Fsp3) is 0.227. The second-order valence-corrected chi connectivity index (χ2v) is 7.24. The Labute approximate surface area is 168 Å². The lowest BCUT2D eigenvalue weighted by Gasteiger charge is -2.18. The van der Waals surface area contributed by atoms with E-state index in [2.05, 4.69) is 20.6 Å². The van der Waals surface area contributed by atoms with Crippen LogP contribution in [0.25, 0.3) is 11.1 Å². The molecular weight excluding hydrogens is 366 g/mol. The lowest BCUT2D eigenvalue weighted by atomic mass is 10.1. The summed E-state index contributed by atoms with van der Waals surface area (Å²) in [6.45, 7) is 1.67. The molecule has 2 aromatic heterocycles. The molecule has 1 aliphatic carbocycles. The highest BCUT2D eigenvalue weighted by molar-refractivity contribution is 5.97. The zero-order chi connectivity index (χ0) is 20.4. The van der Waals surface area contributed by atoms with Gasteiger partial charge in [-0.05, 0) is 48.6 Å². The molecule has 2 atom stereocenters. The Hall–Kier alpha value is -3.61. The number of rotatable bonds is 5. The second kappa shape index (κ2) is 7.79. The number of aryl methyl sites for hydroxylation is 1. The Bertz CT molecular complexity index is 1040. The molecule has 0 aliphatic heterocycles. The number of hydrogen-bond donors (Lipinski definition) is 4. The van der Waals surface area contributed by atoms with Gasteiger partial charge in [-0.1, -0.05) is 36.4 Å². The van der Waals surface area contributed by atoms with Gasteiger partial charge in [-0.2, -0.15) is 0 Å². The second-order valence-electron chi connectivity index (χ2n) is 7.24. The molecule has 0 saturated carbocycles. The Balaban J connectivity index is 1.37. The zero-order valence-electron chi connectivity index (χ0n) is 16.1. The van der Waals surface area contributed by atoms with E-state index < -0.39 is 6.04 Å². The third kappa shape index (κ3) is 3.99. The number of nitrogens with zero attached hydrogens (tertiary/aromatic N) is 1. The molecular formula is C22H23N5O2. The number of anilines is 1. The first-order chi connectivity index (χ1) is 14.0. The number of benzene rings is 1. The molecule has 0 bridgehead atoms. The quantitative estimate of drug-likeness (QED) is 0.537. The largest absolute Gasteiger partial charge is 0.384 e. The number of aromatic amines is 1. The number of H-pyrrole nitrogens is 1. The van der Waals surface area contributed by atoms with Crippen LogP contribution in [0.1, 0.15) is 41.1 Å². The number of carbonyl (C=O) groups excluding carboxylic acids is 2. The molecule has 0 spiro atoms. The lowest BCUT2D eigenvalue weighted by Crippen LogP contribution is -2.45. The van der Waals surface area contributed by atoms with Gasteiger partial charge >= 0.3 is 0 Å². The molecule has 0 saturated heterocycles. The minimum absolute atomic E-state index is 0.111. The Morgan fingerprint density at radius 1 is 1.17 bits per heavy atom. The van der Waals surface area contributed by atoms with Crippen LogP contribution in [-0.2, 0) is 11.2 Å². The summed E-state index contributed by atoms with van der Waals surface area (Å²) in [5.41, 5.74) is 9.98. The monoisotopic (exact) mass is 389 g/mol. The number of fused-ring (bicyclic) bond motifs is 1. The minimum atomic E-state index is -0.670. The molecule has 1 aromatic carbocycles. The van der Waals surface area contributed by atoms with Crippen molar-refractivity contribution in [3.63, 3.8) is 0 Å². The predicted molar refractivity (Wildman–Crippen MR) is 111 cm³/mol. The summed E-state index contributed by atoms with van der Waals surface area (Å²) in [5, 5.41) is 5.75. The molecule has 5 N–H and O–H groups in total. The van der Waals surface area contributed by atoms with E-state index in [1.54, 1.807) is 25.3 Å². The van der Waals surface area contributed by atoms with Crippen molar-refractivity contribution in [3.8, 4) is 11.1 Å². The van der Waals surface area contributed by atoms with Crippen LogP contribution in [0.2, 0.25) is 0 Å². The van der Waals surface area contributed by atoms with Crippen LogP contribution in [0.3, 0.4) is 0 Å². The minimum Gasteiger partial charge on any atom is -0.384 e. The van der Waals surface area contributed by atoms with E-state index in [9.17, 15) is 9.59 Å². The highest BCUT2D eigenvalue weighted by Crippen LogP contribution is 2.30. The van der Waals surface area contributed by atoms with Crippen molar-refractivity contribution in [2.24, 2.45) is 0 Å². The standard InChI is InChI=1S/C22H23N5O2/c1-13(21(28)27-18-9-8-17-16(18)7-10-20(23)26-17)25-22(29)19-11-15(12-24-19)14-5-3-2-4-6-14/h2-7,10-13,18,24H,8-9H2,1H3,(H2,23,26)(H,25,29)(H,27,28)/t13-,18-/m0/s1. The van der Waals surface area contributed by atoms with Gasteiger partial charge < -0.3 is 21.4 Å². The Morgan fingerprint density at radius 3 is 2.76 bits per heavy atom. The highest BCUT2D eigenvalue weighted by atomic mass is 16.2. The lowest BCUT2D eigenvalue weighted by molar-refractivity contribution is -0.123. The van der Waals surface area contributed by atoms with E-state index in [1.165, 1.54) is 0 Å². The van der Waals surface area contributed by atoms with Crippen molar-refractivity contribution in [3.05, 3.63) is 71.7 Å². The molecule has 0 unspecified atom stereocenters. The SMILES string of the molecule is C[C@H](NC(=O)c1cc(-c2ccccc2)c[nH]1)C(=O)N[C@H]1CCc2nc(N)ccc21. The number of carbonyl (C=O) groups is 2. The summed E-state index contributed by atoms with van der Waals surface area (Å²) in [6, 6.07) is 14.4. The van der Waals surface area contributed by atoms with Crippen LogP contribution >= 0.6 is 0 Å². The molecule has 4 rings (SSSR count). The molecule has 29 heavy (non-hydrogen) atoms. The topological polar surface area (TPSA) is 113 Å². The molecule has 0 radical (unpaired) electrons. The fourth-order valence-corrected chi connectivity index (χ4v) is 3.59. The first-order valence-corrected chi connectivity index (χ1v) is 9.61. The van der Waals surface area contributed by atoms with Gasteiger partial charge in [0.2, 0.25) is 5.91 Å². The average molecular weight is 389 g/mol. The normalized spacial score (nSPS) is 16.1. The molecule has 7 nitrogen and oxygen atoms in total. The van der Waals surface area contributed by atoms with E-state index in [1.807, 2.05) is 36.4 Å². The maximum atomic E-state index is 12.6. The predicted octanol–water partition coefficient (Wildman–Crippen LogP) is 2.58. The summed E-state index contributed by atoms with van der Waals surface area (Å²) >= 11 is 0. The van der Waals surface area contributed by atoms with Crippen molar-refractivity contribution < 1.29 is 9.59 Å². The van der Waals surface area contributed by atoms with E-state index in [-0.39, 0.29) is 17.9 Å². The van der Waals surface area contributed by atoms with Crippen LogP contribution in [0.15, 0.2) is 54.7 Å². The summed E-state index contributed by atoms with van der Waals surface area (Å²) in [4.78, 5) is 32.4. The van der Waals surface area contributed by atoms with Gasteiger partial charge in [-0.3, -0.25) is 9.59 Å². The van der Waals surface area contributed by atoms with Crippen molar-refractivity contribution in [1.29, 1.82) is 0 Å². The van der Waals surface area contributed by atoms with Crippen molar-refractivity contribution in [2.75, 3.05) is 5.73 Å². The van der Waals surface area contributed by atoms with Gasteiger partial charge in [-0.25, -0.2) is 4.98 Å². The molecule has 7 heteroatoms. The first kappa shape index (κ1) is 18.7. The van der Waals surface area contributed by atoms with Gasteiger partial charge in [-0.15, -0.1) is 0 Å². The molecule has 2 heterocycles. The highest BCUT2D eigenvalue weighted by Gasteiger charge is 2.27. The number of nitrogens with one attached hydrogen (secondary N) is 3. The smallest absolute Gasteiger partial charge is 0.268 e. The van der Waals surface area contributed by atoms with E-state index in [0.29, 0.717) is 11.5 Å². The summed E-state index contributed by atoms with van der Waals surface area (Å²) in [5.74, 6) is -0.0730. The number of nitrogen functional groups attached to an aromatic ring is 1. The number of pyridine rings is 1. The third-order valence-corrected chi connectivity index (χ3v) is 5.17. The molecule has 2 amide bonds. The van der Waals surface area contributed by atoms with Gasteiger partial charge in [0.05, 0.1) is 6.04 Å². The van der Waals surface area contributed by atoms with Crippen LogP contribution in [0.5, 0.6) is 0 Å². The molecule has 3 aromatic rings. The van der Waals surface area contributed by atoms with Crippen LogP contribution in [-0.4, -0.2) is 27.8 Å². The number of amides is 2. The third-order valence-electron chi connectivity index (χ3n) is 5.17. The van der Waals surface area contributed by atoms with Crippen molar-refractivity contribution in [1.82, 2.24) is 20.6 Å². The van der Waals surface area contributed by atoms with Gasteiger partial charge in [0.15, 0.2) is 0 Å². The number of aromatic nitrogens is 2. The van der Waals surface area contributed by atoms with Crippen molar-refractivity contribution in [2.45, 2.75) is 31.8 Å². The van der Waals surface area contributed by atoms with Gasteiger partial charge in [0.1, 0.15) is 17.6 Å². The summed E-state index contributed by atoms with van der Waals surface area (Å²) in [7, 11) is 0. The maximum absolute atomic E-state index is 12.6. The Morgan fingerprint density at radius 2 is 1.97 bits per heavy atom. The summed E-state index contributed by atoms with van der Waals surface area (Å²) in [6.07, 6.45) is 3.33. The van der Waals surface area contributed by atoms with Crippen LogP contribution < -0.4 is 16.4 Å². The van der Waals surface area contributed by atoms with Gasteiger partial charge in [0.25, 0.3) is 5.91 Å². The van der Waals surface area contributed by atoms with Crippen molar-refractivity contribution >= 4 is 17.6 Å².